The van der Waals surface area contributed by atoms with Gasteiger partial charge in [-0.25, -0.2) is 0 Å². The van der Waals surface area contributed by atoms with Crippen LogP contribution in [0, 0.1) is 0 Å². The second kappa shape index (κ2) is 5.15. The van der Waals surface area contributed by atoms with Crippen LogP contribution in [0.3, 0.4) is 0 Å². The van der Waals surface area contributed by atoms with Crippen molar-refractivity contribution in [3.63, 3.8) is 0 Å². The molecule has 19 heavy (non-hydrogen) atoms. The second-order valence-electron chi connectivity index (χ2n) is 4.03. The van der Waals surface area contributed by atoms with Crippen LogP contribution in [0.5, 0.6) is 0 Å². The van der Waals surface area contributed by atoms with Crippen molar-refractivity contribution in [1.82, 2.24) is 14.9 Å². The van der Waals surface area contributed by atoms with Gasteiger partial charge in [-0.1, -0.05) is 48.0 Å². The zero-order chi connectivity index (χ0) is 13.4. The normalized spacial score (nSPS) is 14.2. The van der Waals surface area contributed by atoms with Crippen LogP contribution in [0.25, 0.3) is 0 Å². The second-order valence-corrected chi connectivity index (χ2v) is 5.79. The first-order valence-corrected chi connectivity index (χ1v) is 7.53. The number of aromatic nitrogens is 3. The molecule has 98 valence electrons. The van der Waals surface area contributed by atoms with E-state index in [4.69, 9.17) is 23.2 Å². The average molecular weight is 313 g/mol. The summed E-state index contributed by atoms with van der Waals surface area (Å²) in [5, 5.41) is 14.7. The molecule has 0 radical (unpaired) electrons. The van der Waals surface area contributed by atoms with E-state index < -0.39 is 0 Å². The molecule has 0 saturated carbocycles. The van der Waals surface area contributed by atoms with Crippen molar-refractivity contribution >= 4 is 40.7 Å². The number of benzene rings is 1. The Balaban J connectivity index is 2.04. The molecule has 2 heterocycles. The van der Waals surface area contributed by atoms with Crippen LogP contribution in [-0.4, -0.2) is 26.3 Å². The van der Waals surface area contributed by atoms with Crippen molar-refractivity contribution in [2.45, 2.75) is 18.5 Å². The Labute approximate surface area is 124 Å². The average Bonchev–Trinajstić information content (AvgIpc) is 2.84. The molecule has 0 saturated heterocycles. The van der Waals surface area contributed by atoms with Gasteiger partial charge in [-0.05, 0) is 12.1 Å². The Morgan fingerprint density at radius 3 is 2.84 bits per heavy atom. The van der Waals surface area contributed by atoms with Gasteiger partial charge >= 0.3 is 0 Å². The molecule has 4 nitrogen and oxygen atoms in total. The van der Waals surface area contributed by atoms with Crippen LogP contribution in [0.1, 0.15) is 18.3 Å². The molecule has 0 bridgehead atoms. The van der Waals surface area contributed by atoms with Crippen LogP contribution < -0.4 is 0 Å². The Bertz CT molecular complexity index is 666. The first kappa shape index (κ1) is 13.0. The van der Waals surface area contributed by atoms with Crippen LogP contribution >= 0.6 is 35.0 Å². The van der Waals surface area contributed by atoms with E-state index in [1.165, 1.54) is 0 Å². The van der Waals surface area contributed by atoms with E-state index in [0.717, 1.165) is 34.4 Å². The molecule has 1 aliphatic heterocycles. The maximum Gasteiger partial charge on any atom is 0.212 e. The van der Waals surface area contributed by atoms with Crippen molar-refractivity contribution in [2.24, 2.45) is 5.10 Å². The molecule has 0 spiro atoms. The summed E-state index contributed by atoms with van der Waals surface area (Å²) in [5.74, 6) is 1.61. The zero-order valence-electron chi connectivity index (χ0n) is 10.1. The Morgan fingerprint density at radius 1 is 1.26 bits per heavy atom. The summed E-state index contributed by atoms with van der Waals surface area (Å²) in [4.78, 5) is 0. The fraction of sp³-hybridized carbons (Fsp3) is 0.250. The highest BCUT2D eigenvalue weighted by Gasteiger charge is 2.19. The molecule has 0 fully saturated rings. The predicted molar refractivity (Wildman–Crippen MR) is 78.5 cm³/mol. The van der Waals surface area contributed by atoms with Gasteiger partial charge in [-0.15, -0.1) is 10.2 Å². The summed E-state index contributed by atoms with van der Waals surface area (Å²) < 4.78 is 1.80. The first-order chi connectivity index (χ1) is 9.19. The summed E-state index contributed by atoms with van der Waals surface area (Å²) in [5.41, 5.74) is 1.92. The summed E-state index contributed by atoms with van der Waals surface area (Å²) in [6.07, 6.45) is 0.797. The van der Waals surface area contributed by atoms with Crippen molar-refractivity contribution in [2.75, 3.05) is 5.75 Å². The number of aryl methyl sites for hydroxylation is 1. The molecule has 1 aromatic carbocycles. The Hall–Kier alpha value is -1.04. The van der Waals surface area contributed by atoms with E-state index >= 15 is 0 Å². The van der Waals surface area contributed by atoms with E-state index in [1.807, 2.05) is 19.1 Å². The van der Waals surface area contributed by atoms with Gasteiger partial charge in [0.05, 0.1) is 15.8 Å². The monoisotopic (exact) mass is 312 g/mol. The molecule has 3 rings (SSSR count). The number of nitrogens with zero attached hydrogens (tertiary/aromatic N) is 4. The largest absolute Gasteiger partial charge is 0.212 e. The number of halogens is 2. The molecular weight excluding hydrogens is 303 g/mol. The fourth-order valence-corrected chi connectivity index (χ4v) is 2.96. The van der Waals surface area contributed by atoms with Crippen LogP contribution in [0.2, 0.25) is 10.0 Å². The zero-order valence-corrected chi connectivity index (χ0v) is 12.4. The van der Waals surface area contributed by atoms with Crippen LogP contribution in [-0.2, 0) is 6.42 Å². The standard InChI is InChI=1S/C12H10Cl2N4S/c1-2-11-15-16-12-18(11)17-10(6-19-12)7-3-4-8(13)9(14)5-7/h3-5H,2,6H2,1H3. The first-order valence-electron chi connectivity index (χ1n) is 5.79. The van der Waals surface area contributed by atoms with Crippen molar-refractivity contribution < 1.29 is 0 Å². The topological polar surface area (TPSA) is 43.1 Å². The summed E-state index contributed by atoms with van der Waals surface area (Å²) in [6, 6.07) is 5.55. The van der Waals surface area contributed by atoms with E-state index in [0.29, 0.717) is 10.0 Å². The molecule has 1 aromatic heterocycles. The van der Waals surface area contributed by atoms with Crippen LogP contribution in [0.4, 0.5) is 0 Å². The molecule has 0 unspecified atom stereocenters. The number of thioether (sulfide) groups is 1. The smallest absolute Gasteiger partial charge is 0.191 e. The van der Waals surface area contributed by atoms with Crippen molar-refractivity contribution in [1.29, 1.82) is 0 Å². The minimum Gasteiger partial charge on any atom is -0.191 e. The Morgan fingerprint density at radius 2 is 2.11 bits per heavy atom. The molecule has 7 heteroatoms. The highest BCUT2D eigenvalue weighted by Crippen LogP contribution is 2.27. The van der Waals surface area contributed by atoms with Gasteiger partial charge in [0.2, 0.25) is 5.16 Å². The number of rotatable bonds is 2. The molecule has 0 atom stereocenters. The van der Waals surface area contributed by atoms with Gasteiger partial charge in [0, 0.05) is 17.7 Å². The lowest BCUT2D eigenvalue weighted by molar-refractivity contribution is 0.714. The van der Waals surface area contributed by atoms with E-state index in [2.05, 4.69) is 15.3 Å². The number of hydrogen-bond donors (Lipinski definition) is 0. The highest BCUT2D eigenvalue weighted by atomic mass is 35.5. The van der Waals surface area contributed by atoms with Gasteiger partial charge in [0.15, 0.2) is 5.82 Å². The highest BCUT2D eigenvalue weighted by molar-refractivity contribution is 7.99. The number of fused-ring (bicyclic) bond motifs is 1. The van der Waals surface area contributed by atoms with Crippen LogP contribution in [0.15, 0.2) is 28.5 Å². The molecule has 1 aliphatic rings. The third-order valence-electron chi connectivity index (χ3n) is 2.80. The molecule has 0 N–H and O–H groups in total. The van der Waals surface area contributed by atoms with E-state index in [-0.39, 0.29) is 0 Å². The van der Waals surface area contributed by atoms with Gasteiger partial charge in [0.1, 0.15) is 0 Å². The quantitative estimate of drug-likeness (QED) is 0.852. The lowest BCUT2D eigenvalue weighted by Crippen LogP contribution is -2.14. The molecule has 0 amide bonds. The van der Waals surface area contributed by atoms with Gasteiger partial charge < -0.3 is 0 Å². The summed E-state index contributed by atoms with van der Waals surface area (Å²) >= 11 is 13.6. The summed E-state index contributed by atoms with van der Waals surface area (Å²) in [7, 11) is 0. The summed E-state index contributed by atoms with van der Waals surface area (Å²) in [6.45, 7) is 2.03. The van der Waals surface area contributed by atoms with Gasteiger partial charge in [-0.2, -0.15) is 9.78 Å². The van der Waals surface area contributed by atoms with Gasteiger partial charge in [0.25, 0.3) is 0 Å². The Kier molecular flexibility index (Phi) is 3.52. The van der Waals surface area contributed by atoms with E-state index in [9.17, 15) is 0 Å². The lowest BCUT2D eigenvalue weighted by Gasteiger charge is -2.13. The lowest BCUT2D eigenvalue weighted by atomic mass is 10.1. The molecular formula is C12H10Cl2N4S. The van der Waals surface area contributed by atoms with E-state index in [1.54, 1.807) is 22.5 Å². The van der Waals surface area contributed by atoms with Crippen molar-refractivity contribution in [3.05, 3.63) is 39.6 Å². The SMILES string of the molecule is CCc1nnc2n1N=C(c1ccc(Cl)c(Cl)c1)CS2. The molecule has 2 aromatic rings. The maximum absolute atomic E-state index is 6.05. The van der Waals surface area contributed by atoms with Gasteiger partial charge in [-0.3, -0.25) is 0 Å². The van der Waals surface area contributed by atoms with Crippen molar-refractivity contribution in [3.8, 4) is 0 Å². The fourth-order valence-electron chi connectivity index (χ4n) is 1.81. The molecule has 0 aliphatic carbocycles. The third-order valence-corrected chi connectivity index (χ3v) is 4.47. The predicted octanol–water partition coefficient (Wildman–Crippen LogP) is 3.51. The minimum absolute atomic E-state index is 0.539. The third kappa shape index (κ3) is 2.38. The minimum atomic E-state index is 0.539. The maximum atomic E-state index is 6.05. The number of hydrogen-bond acceptors (Lipinski definition) is 4.